The maximum absolute atomic E-state index is 13.5. The largest absolute Gasteiger partial charge is 0.306 e. The van der Waals surface area contributed by atoms with Gasteiger partial charge in [-0.2, -0.15) is 0 Å². The highest BCUT2D eigenvalue weighted by molar-refractivity contribution is 5.25. The molecule has 100 valence electrons. The van der Waals surface area contributed by atoms with Crippen molar-refractivity contribution in [3.05, 3.63) is 70.8 Å². The lowest BCUT2D eigenvalue weighted by molar-refractivity contribution is 0.535. The van der Waals surface area contributed by atoms with Gasteiger partial charge < -0.3 is 5.32 Å². The van der Waals surface area contributed by atoms with Gasteiger partial charge in [0.25, 0.3) is 0 Å². The van der Waals surface area contributed by atoms with Gasteiger partial charge in [-0.1, -0.05) is 29.8 Å². The number of rotatable bonds is 4. The molecule has 2 aromatic carbocycles. The molecule has 3 heteroatoms. The fraction of sp³-hybridized carbons (Fsp3) is 0.250. The molecule has 1 N–H and O–H groups in total. The predicted molar refractivity (Wildman–Crippen MR) is 72.8 cm³/mol. The van der Waals surface area contributed by atoms with Crippen LogP contribution in [0.25, 0.3) is 0 Å². The summed E-state index contributed by atoms with van der Waals surface area (Å²) in [5.74, 6) is -0.799. The number of aryl methyl sites for hydroxylation is 1. The molecule has 2 aromatic rings. The summed E-state index contributed by atoms with van der Waals surface area (Å²) in [7, 11) is 0. The molecule has 0 aliphatic carbocycles. The van der Waals surface area contributed by atoms with Crippen LogP contribution in [0.1, 0.15) is 29.7 Å². The number of halogens is 2. The Morgan fingerprint density at radius 3 is 2.63 bits per heavy atom. The first-order chi connectivity index (χ1) is 9.06. The van der Waals surface area contributed by atoms with Gasteiger partial charge in [0.05, 0.1) is 0 Å². The van der Waals surface area contributed by atoms with Crippen molar-refractivity contribution in [1.82, 2.24) is 5.32 Å². The summed E-state index contributed by atoms with van der Waals surface area (Å²) in [6.07, 6.45) is 0. The number of hydrogen-bond acceptors (Lipinski definition) is 1. The molecule has 0 fully saturated rings. The highest BCUT2D eigenvalue weighted by atomic mass is 19.1. The van der Waals surface area contributed by atoms with E-state index in [1.807, 2.05) is 32.0 Å². The van der Waals surface area contributed by atoms with Gasteiger partial charge in [-0.15, -0.1) is 0 Å². The van der Waals surface area contributed by atoms with E-state index in [0.29, 0.717) is 12.1 Å². The van der Waals surface area contributed by atoms with Gasteiger partial charge in [-0.05, 0) is 37.6 Å². The van der Waals surface area contributed by atoms with Crippen LogP contribution in [0.2, 0.25) is 0 Å². The molecule has 0 aliphatic rings. The van der Waals surface area contributed by atoms with Crippen molar-refractivity contribution < 1.29 is 8.78 Å². The van der Waals surface area contributed by atoms with Crippen molar-refractivity contribution in [3.63, 3.8) is 0 Å². The summed E-state index contributed by atoms with van der Waals surface area (Å²) in [5, 5.41) is 3.20. The quantitative estimate of drug-likeness (QED) is 0.872. The van der Waals surface area contributed by atoms with Crippen LogP contribution in [0, 0.1) is 18.6 Å². The van der Waals surface area contributed by atoms with Crippen LogP contribution < -0.4 is 5.32 Å². The van der Waals surface area contributed by atoms with Gasteiger partial charge >= 0.3 is 0 Å². The minimum absolute atomic E-state index is 0.0857. The molecule has 0 bridgehead atoms. The number of benzene rings is 2. The lowest BCUT2D eigenvalue weighted by atomic mass is 10.1. The zero-order chi connectivity index (χ0) is 13.8. The van der Waals surface area contributed by atoms with E-state index in [1.54, 1.807) is 0 Å². The average Bonchev–Trinajstić information content (AvgIpc) is 2.39. The van der Waals surface area contributed by atoms with Crippen LogP contribution in [-0.2, 0) is 6.54 Å². The van der Waals surface area contributed by atoms with Crippen molar-refractivity contribution in [1.29, 1.82) is 0 Å². The fourth-order valence-corrected chi connectivity index (χ4v) is 2.00. The third kappa shape index (κ3) is 3.61. The monoisotopic (exact) mass is 261 g/mol. The van der Waals surface area contributed by atoms with Crippen molar-refractivity contribution in [3.8, 4) is 0 Å². The minimum atomic E-state index is -0.415. The molecule has 0 aliphatic heterocycles. The smallest absolute Gasteiger partial charge is 0.127 e. The number of hydrogen-bond donors (Lipinski definition) is 1. The predicted octanol–water partition coefficient (Wildman–Crippen LogP) is 4.12. The number of nitrogens with one attached hydrogen (secondary N) is 1. The lowest BCUT2D eigenvalue weighted by Crippen LogP contribution is -2.19. The minimum Gasteiger partial charge on any atom is -0.306 e. The second-order valence-corrected chi connectivity index (χ2v) is 4.75. The first-order valence-corrected chi connectivity index (χ1v) is 6.30. The van der Waals surface area contributed by atoms with Crippen LogP contribution in [0.5, 0.6) is 0 Å². The van der Waals surface area contributed by atoms with E-state index in [0.717, 1.165) is 17.7 Å². The molecule has 0 saturated heterocycles. The zero-order valence-corrected chi connectivity index (χ0v) is 11.1. The molecule has 0 heterocycles. The Labute approximate surface area is 112 Å². The van der Waals surface area contributed by atoms with E-state index in [-0.39, 0.29) is 11.9 Å². The molecule has 1 nitrogen and oxygen atoms in total. The van der Waals surface area contributed by atoms with E-state index < -0.39 is 5.82 Å². The standard InChI is InChI=1S/C16H17F2N/c1-11-4-3-5-13(8-11)12(2)19-10-14-9-15(17)6-7-16(14)18/h3-9,12,19H,10H2,1-2H3/t12-/m1/s1. The van der Waals surface area contributed by atoms with Gasteiger partial charge in [-0.25, -0.2) is 8.78 Å². The first kappa shape index (κ1) is 13.7. The fourth-order valence-electron chi connectivity index (χ4n) is 2.00. The van der Waals surface area contributed by atoms with Crippen LogP contribution >= 0.6 is 0 Å². The highest BCUT2D eigenvalue weighted by Crippen LogP contribution is 2.16. The Bertz CT molecular complexity index is 566. The van der Waals surface area contributed by atoms with Gasteiger partial charge in [0.2, 0.25) is 0 Å². The van der Waals surface area contributed by atoms with Crippen LogP contribution in [0.3, 0.4) is 0 Å². The maximum Gasteiger partial charge on any atom is 0.127 e. The van der Waals surface area contributed by atoms with Crippen LogP contribution in [0.4, 0.5) is 8.78 Å². The van der Waals surface area contributed by atoms with Gasteiger partial charge in [-0.3, -0.25) is 0 Å². The Balaban J connectivity index is 2.04. The molecule has 1 atom stereocenters. The third-order valence-corrected chi connectivity index (χ3v) is 3.15. The molecular weight excluding hydrogens is 244 g/mol. The molecule has 19 heavy (non-hydrogen) atoms. The third-order valence-electron chi connectivity index (χ3n) is 3.15. The van der Waals surface area contributed by atoms with Gasteiger partial charge in [0.15, 0.2) is 0 Å². The molecule has 0 radical (unpaired) electrons. The Kier molecular flexibility index (Phi) is 4.27. The van der Waals surface area contributed by atoms with Crippen LogP contribution in [0.15, 0.2) is 42.5 Å². The Hall–Kier alpha value is -1.74. The summed E-state index contributed by atoms with van der Waals surface area (Å²) in [6.45, 7) is 4.34. The van der Waals surface area contributed by atoms with Crippen LogP contribution in [-0.4, -0.2) is 0 Å². The van der Waals surface area contributed by atoms with Crippen molar-refractivity contribution in [2.45, 2.75) is 26.4 Å². The Morgan fingerprint density at radius 1 is 1.11 bits per heavy atom. The first-order valence-electron chi connectivity index (χ1n) is 6.30. The normalized spacial score (nSPS) is 12.4. The van der Waals surface area contributed by atoms with E-state index in [1.165, 1.54) is 11.6 Å². The molecule has 2 rings (SSSR count). The second kappa shape index (κ2) is 5.93. The molecule has 0 unspecified atom stereocenters. The van der Waals surface area contributed by atoms with Gasteiger partial charge in [0.1, 0.15) is 11.6 Å². The lowest BCUT2D eigenvalue weighted by Gasteiger charge is -2.15. The molecule has 0 amide bonds. The summed E-state index contributed by atoms with van der Waals surface area (Å²) >= 11 is 0. The highest BCUT2D eigenvalue weighted by Gasteiger charge is 2.08. The molecule has 0 spiro atoms. The van der Waals surface area contributed by atoms with Crippen molar-refractivity contribution in [2.24, 2.45) is 0 Å². The maximum atomic E-state index is 13.5. The summed E-state index contributed by atoms with van der Waals surface area (Å²) in [6, 6.07) is 11.7. The molecule has 0 aromatic heterocycles. The van der Waals surface area contributed by atoms with E-state index in [2.05, 4.69) is 11.4 Å². The summed E-state index contributed by atoms with van der Waals surface area (Å²) in [4.78, 5) is 0. The SMILES string of the molecule is Cc1cccc([C@@H](C)NCc2cc(F)ccc2F)c1. The van der Waals surface area contributed by atoms with Crippen molar-refractivity contribution in [2.75, 3.05) is 0 Å². The topological polar surface area (TPSA) is 12.0 Å². The Morgan fingerprint density at radius 2 is 1.89 bits per heavy atom. The summed E-state index contributed by atoms with van der Waals surface area (Å²) < 4.78 is 26.5. The summed E-state index contributed by atoms with van der Waals surface area (Å²) in [5.41, 5.74) is 2.67. The van der Waals surface area contributed by atoms with E-state index in [4.69, 9.17) is 0 Å². The average molecular weight is 261 g/mol. The zero-order valence-electron chi connectivity index (χ0n) is 11.1. The van der Waals surface area contributed by atoms with E-state index in [9.17, 15) is 8.78 Å². The molecule has 0 saturated carbocycles. The van der Waals surface area contributed by atoms with Crippen molar-refractivity contribution >= 4 is 0 Å². The van der Waals surface area contributed by atoms with Gasteiger partial charge in [0, 0.05) is 18.2 Å². The second-order valence-electron chi connectivity index (χ2n) is 4.75. The molecular formula is C16H17F2N. The van der Waals surface area contributed by atoms with E-state index >= 15 is 0 Å².